The minimum absolute atomic E-state index is 0. The molecule has 1 aliphatic heterocycles. The number of halogens is 2. The summed E-state index contributed by atoms with van der Waals surface area (Å²) in [5, 5.41) is 0. The number of benzene rings is 1. The standard InChI is InChI=1S/C14H19FN2O.ClH/c1-2-4-12(16)14(18)17-8-3-5-10-9-11(15)6-7-13(10)17;/h6-7,9,12H,2-5,8,16H2,1H3;1H. The number of fused-ring (bicyclic) bond motifs is 1. The molecule has 0 spiro atoms. The Kier molecular flexibility index (Phi) is 5.76. The smallest absolute Gasteiger partial charge is 0.243 e. The maximum Gasteiger partial charge on any atom is 0.243 e. The zero-order valence-corrected chi connectivity index (χ0v) is 11.9. The van der Waals surface area contributed by atoms with Crippen LogP contribution in [0.1, 0.15) is 31.7 Å². The maximum atomic E-state index is 13.2. The Morgan fingerprint density at radius 2 is 2.26 bits per heavy atom. The van der Waals surface area contributed by atoms with Crippen LogP contribution in [-0.4, -0.2) is 18.5 Å². The van der Waals surface area contributed by atoms with Gasteiger partial charge in [-0.25, -0.2) is 4.39 Å². The van der Waals surface area contributed by atoms with Gasteiger partial charge >= 0.3 is 0 Å². The van der Waals surface area contributed by atoms with Gasteiger partial charge < -0.3 is 10.6 Å². The molecule has 1 amide bonds. The van der Waals surface area contributed by atoms with Crippen molar-refractivity contribution < 1.29 is 9.18 Å². The summed E-state index contributed by atoms with van der Waals surface area (Å²) >= 11 is 0. The monoisotopic (exact) mass is 286 g/mol. The molecule has 1 aromatic carbocycles. The van der Waals surface area contributed by atoms with Crippen LogP contribution < -0.4 is 10.6 Å². The molecular weight excluding hydrogens is 267 g/mol. The third-order valence-corrected chi connectivity index (χ3v) is 3.34. The second-order valence-electron chi connectivity index (χ2n) is 4.76. The molecule has 0 aliphatic carbocycles. The van der Waals surface area contributed by atoms with Crippen molar-refractivity contribution in [1.82, 2.24) is 0 Å². The summed E-state index contributed by atoms with van der Waals surface area (Å²) in [7, 11) is 0. The van der Waals surface area contributed by atoms with Crippen molar-refractivity contribution in [3.63, 3.8) is 0 Å². The van der Waals surface area contributed by atoms with Gasteiger partial charge in [-0.05, 0) is 43.0 Å². The number of rotatable bonds is 3. The number of anilines is 1. The summed E-state index contributed by atoms with van der Waals surface area (Å²) in [5.74, 6) is -0.301. The highest BCUT2D eigenvalue weighted by atomic mass is 35.5. The van der Waals surface area contributed by atoms with Gasteiger partial charge in [0.15, 0.2) is 0 Å². The predicted molar refractivity (Wildman–Crippen MR) is 77.2 cm³/mol. The third-order valence-electron chi connectivity index (χ3n) is 3.34. The number of hydrogen-bond acceptors (Lipinski definition) is 2. The Bertz CT molecular complexity index is 453. The summed E-state index contributed by atoms with van der Waals surface area (Å²) in [6.07, 6.45) is 3.25. The molecule has 2 N–H and O–H groups in total. The number of carbonyl (C=O) groups is 1. The Morgan fingerprint density at radius 1 is 1.53 bits per heavy atom. The molecule has 19 heavy (non-hydrogen) atoms. The van der Waals surface area contributed by atoms with E-state index in [0.717, 1.165) is 30.5 Å². The lowest BCUT2D eigenvalue weighted by molar-refractivity contribution is -0.120. The van der Waals surface area contributed by atoms with Crippen LogP contribution in [-0.2, 0) is 11.2 Å². The minimum Gasteiger partial charge on any atom is -0.320 e. The van der Waals surface area contributed by atoms with Crippen LogP contribution in [0.3, 0.4) is 0 Å². The average molecular weight is 287 g/mol. The van der Waals surface area contributed by atoms with Crippen LogP contribution in [0, 0.1) is 5.82 Å². The molecule has 0 saturated carbocycles. The fourth-order valence-electron chi connectivity index (χ4n) is 2.43. The van der Waals surface area contributed by atoms with Gasteiger partial charge in [-0.1, -0.05) is 13.3 Å². The first-order valence-electron chi connectivity index (χ1n) is 6.49. The highest BCUT2D eigenvalue weighted by Gasteiger charge is 2.26. The van der Waals surface area contributed by atoms with Crippen molar-refractivity contribution >= 4 is 24.0 Å². The van der Waals surface area contributed by atoms with Crippen molar-refractivity contribution in [2.24, 2.45) is 5.73 Å². The lowest BCUT2D eigenvalue weighted by atomic mass is 10.00. The molecule has 0 radical (unpaired) electrons. The molecule has 3 nitrogen and oxygen atoms in total. The van der Waals surface area contributed by atoms with Crippen LogP contribution in [0.4, 0.5) is 10.1 Å². The topological polar surface area (TPSA) is 46.3 Å². The van der Waals surface area contributed by atoms with Crippen LogP contribution in [0.2, 0.25) is 0 Å². The number of hydrogen-bond donors (Lipinski definition) is 1. The van der Waals surface area contributed by atoms with Crippen molar-refractivity contribution in [2.75, 3.05) is 11.4 Å². The van der Waals surface area contributed by atoms with E-state index in [1.807, 2.05) is 6.92 Å². The SMILES string of the molecule is CCCC(N)C(=O)N1CCCc2cc(F)ccc21.Cl. The van der Waals surface area contributed by atoms with Gasteiger partial charge in [0.05, 0.1) is 6.04 Å². The van der Waals surface area contributed by atoms with E-state index in [9.17, 15) is 9.18 Å². The number of nitrogens with two attached hydrogens (primary N) is 1. The second-order valence-corrected chi connectivity index (χ2v) is 4.76. The Balaban J connectivity index is 0.00000180. The number of amides is 1. The van der Waals surface area contributed by atoms with Crippen LogP contribution in [0.25, 0.3) is 0 Å². The normalized spacial score (nSPS) is 15.4. The van der Waals surface area contributed by atoms with E-state index in [-0.39, 0.29) is 24.1 Å². The lowest BCUT2D eigenvalue weighted by Crippen LogP contribution is -2.46. The Hall–Kier alpha value is -1.13. The van der Waals surface area contributed by atoms with Crippen molar-refractivity contribution in [3.05, 3.63) is 29.6 Å². The maximum absolute atomic E-state index is 13.2. The first kappa shape index (κ1) is 15.9. The Morgan fingerprint density at radius 3 is 2.95 bits per heavy atom. The minimum atomic E-state index is -0.453. The van der Waals surface area contributed by atoms with E-state index in [2.05, 4.69) is 0 Å². The molecule has 0 bridgehead atoms. The van der Waals surface area contributed by atoms with Crippen molar-refractivity contribution in [2.45, 2.75) is 38.6 Å². The molecule has 1 heterocycles. The van der Waals surface area contributed by atoms with Crippen LogP contribution >= 0.6 is 12.4 Å². The quantitative estimate of drug-likeness (QED) is 0.928. The Labute approximate surface area is 119 Å². The summed E-state index contributed by atoms with van der Waals surface area (Å²) in [6.45, 7) is 2.68. The van der Waals surface area contributed by atoms with Gasteiger partial charge in [-0.3, -0.25) is 4.79 Å². The fourth-order valence-corrected chi connectivity index (χ4v) is 2.43. The van der Waals surface area contributed by atoms with Crippen LogP contribution in [0.15, 0.2) is 18.2 Å². The molecule has 0 aromatic heterocycles. The van der Waals surface area contributed by atoms with E-state index in [1.54, 1.807) is 11.0 Å². The number of carbonyl (C=O) groups excluding carboxylic acids is 1. The van der Waals surface area contributed by atoms with Gasteiger partial charge in [-0.15, -0.1) is 12.4 Å². The van der Waals surface area contributed by atoms with E-state index in [4.69, 9.17) is 5.73 Å². The van der Waals surface area contributed by atoms with Gasteiger partial charge in [0.2, 0.25) is 5.91 Å². The zero-order chi connectivity index (χ0) is 13.1. The summed E-state index contributed by atoms with van der Waals surface area (Å²) in [6, 6.07) is 4.14. The first-order chi connectivity index (χ1) is 8.63. The average Bonchev–Trinajstić information content (AvgIpc) is 2.37. The summed E-state index contributed by atoms with van der Waals surface area (Å²) in [5.41, 5.74) is 7.60. The van der Waals surface area contributed by atoms with Gasteiger partial charge in [0, 0.05) is 12.2 Å². The molecule has 0 saturated heterocycles. The predicted octanol–water partition coefficient (Wildman–Crippen LogP) is 2.65. The van der Waals surface area contributed by atoms with Crippen molar-refractivity contribution in [3.8, 4) is 0 Å². The van der Waals surface area contributed by atoms with Crippen LogP contribution in [0.5, 0.6) is 0 Å². The van der Waals surface area contributed by atoms with E-state index in [1.165, 1.54) is 12.1 Å². The molecule has 1 unspecified atom stereocenters. The van der Waals surface area contributed by atoms with Gasteiger partial charge in [0.25, 0.3) is 0 Å². The van der Waals surface area contributed by atoms with Gasteiger partial charge in [-0.2, -0.15) is 0 Å². The molecule has 1 aliphatic rings. The second kappa shape index (κ2) is 6.87. The fraction of sp³-hybridized carbons (Fsp3) is 0.500. The van der Waals surface area contributed by atoms with E-state index >= 15 is 0 Å². The third kappa shape index (κ3) is 3.45. The molecule has 2 rings (SSSR count). The zero-order valence-electron chi connectivity index (χ0n) is 11.1. The molecule has 0 fully saturated rings. The molecule has 1 atom stereocenters. The van der Waals surface area contributed by atoms with E-state index < -0.39 is 6.04 Å². The summed E-state index contributed by atoms with van der Waals surface area (Å²) in [4.78, 5) is 13.9. The lowest BCUT2D eigenvalue weighted by Gasteiger charge is -2.31. The highest BCUT2D eigenvalue weighted by molar-refractivity contribution is 5.98. The first-order valence-corrected chi connectivity index (χ1v) is 6.49. The summed E-state index contributed by atoms with van der Waals surface area (Å²) < 4.78 is 13.2. The molecule has 106 valence electrons. The number of aryl methyl sites for hydroxylation is 1. The highest BCUT2D eigenvalue weighted by Crippen LogP contribution is 2.28. The number of nitrogens with zero attached hydrogens (tertiary/aromatic N) is 1. The largest absolute Gasteiger partial charge is 0.320 e. The van der Waals surface area contributed by atoms with Gasteiger partial charge in [0.1, 0.15) is 5.82 Å². The van der Waals surface area contributed by atoms with E-state index in [0.29, 0.717) is 13.0 Å². The molecular formula is C14H20ClFN2O. The van der Waals surface area contributed by atoms with Crippen molar-refractivity contribution in [1.29, 1.82) is 0 Å². The molecule has 5 heteroatoms. The molecule has 1 aromatic rings.